The highest BCUT2D eigenvalue weighted by Crippen LogP contribution is 2.43. The molecule has 0 radical (unpaired) electrons. The smallest absolute Gasteiger partial charge is 0.462 e. The van der Waals surface area contributed by atoms with Crippen LogP contribution in [0.15, 0.2) is 85.1 Å². The van der Waals surface area contributed by atoms with Crippen molar-refractivity contribution in [3.8, 4) is 0 Å². The minimum Gasteiger partial charge on any atom is -0.462 e. The van der Waals surface area contributed by atoms with E-state index in [1.165, 1.54) is 96.3 Å². The summed E-state index contributed by atoms with van der Waals surface area (Å²) in [6.45, 7) is 4.36. The maximum Gasteiger partial charge on any atom is 0.472 e. The summed E-state index contributed by atoms with van der Waals surface area (Å²) in [6, 6.07) is 0. The number of rotatable bonds is 52. The molecule has 0 aliphatic rings. The summed E-state index contributed by atoms with van der Waals surface area (Å²) < 4.78 is 39.3. The Hall–Kier alpha value is -3.34. The molecule has 11 nitrogen and oxygen atoms in total. The van der Waals surface area contributed by atoms with Gasteiger partial charge in [-0.2, -0.15) is 0 Å². The summed E-state index contributed by atoms with van der Waals surface area (Å²) in [5.41, 5.74) is 0. The lowest BCUT2D eigenvalue weighted by Crippen LogP contribution is -2.30. The van der Waals surface area contributed by atoms with Gasteiger partial charge in [-0.3, -0.25) is 23.4 Å². The molecule has 0 saturated heterocycles. The van der Waals surface area contributed by atoms with Gasteiger partial charge in [-0.05, 0) is 89.9 Å². The zero-order chi connectivity index (χ0) is 52.7. The molecule has 3 atom stereocenters. The fraction of sp³-hybridized carbons (Fsp3) is 0.717. The molecule has 0 aromatic heterocycles. The van der Waals surface area contributed by atoms with Crippen molar-refractivity contribution in [3.05, 3.63) is 85.1 Å². The normalized spacial score (nSPS) is 14.0. The molecule has 0 spiro atoms. The number of ether oxygens (including phenoxy) is 3. The number of phosphoric acid groups is 1. The fourth-order valence-electron chi connectivity index (χ4n) is 7.47. The second kappa shape index (κ2) is 53.9. The van der Waals surface area contributed by atoms with Gasteiger partial charge in [-0.25, -0.2) is 4.57 Å². The van der Waals surface area contributed by atoms with Crippen LogP contribution in [0.4, 0.5) is 0 Å². The van der Waals surface area contributed by atoms with E-state index in [0.29, 0.717) is 19.3 Å². The molecule has 0 fully saturated rings. The van der Waals surface area contributed by atoms with E-state index in [9.17, 15) is 28.9 Å². The van der Waals surface area contributed by atoms with Crippen molar-refractivity contribution >= 4 is 25.7 Å². The van der Waals surface area contributed by atoms with Gasteiger partial charge in [0, 0.05) is 12.8 Å². The second-order valence-electron chi connectivity index (χ2n) is 18.7. The van der Waals surface area contributed by atoms with Gasteiger partial charge >= 0.3 is 25.7 Å². The monoisotopic (exact) mass is 1030 g/mol. The largest absolute Gasteiger partial charge is 0.472 e. The van der Waals surface area contributed by atoms with Gasteiger partial charge in [-0.15, -0.1) is 0 Å². The number of carbonyl (C=O) groups is 3. The average molecular weight is 1030 g/mol. The Morgan fingerprint density at radius 2 is 0.792 bits per heavy atom. The molecule has 414 valence electrons. The highest BCUT2D eigenvalue weighted by Gasteiger charge is 2.28. The molecule has 0 amide bonds. The van der Waals surface area contributed by atoms with Crippen LogP contribution in [0.25, 0.3) is 0 Å². The zero-order valence-corrected chi connectivity index (χ0v) is 46.5. The van der Waals surface area contributed by atoms with Crippen LogP contribution in [0.5, 0.6) is 0 Å². The third-order valence-corrected chi connectivity index (χ3v) is 12.8. The molecule has 0 aromatic rings. The Morgan fingerprint density at radius 1 is 0.417 bits per heavy atom. The van der Waals surface area contributed by atoms with Crippen LogP contribution in [-0.4, -0.2) is 66.5 Å². The molecule has 0 aliphatic heterocycles. The molecule has 3 unspecified atom stereocenters. The lowest BCUT2D eigenvalue weighted by molar-refractivity contribution is -0.160. The lowest BCUT2D eigenvalue weighted by Gasteiger charge is -2.21. The SMILES string of the molecule is CC/C=C\C/C=C\C/C=C\C/C=C\C/C=C\CC(=O)OC(COC(=O)CCCCCCCCCCC/C=C\CCCCCCCC)COP(=O)(O)OCC(CO)OC(=O)CCCCCCC/C=C\CCCC. The van der Waals surface area contributed by atoms with E-state index in [-0.39, 0.29) is 25.9 Å². The second-order valence-corrected chi connectivity index (χ2v) is 20.2. The molecule has 0 aliphatic carbocycles. The molecule has 12 heteroatoms. The number of aliphatic hydroxyl groups excluding tert-OH is 1. The van der Waals surface area contributed by atoms with Gasteiger partial charge in [0.1, 0.15) is 12.7 Å². The minimum atomic E-state index is -4.77. The number of aliphatic hydroxyl groups is 1. The van der Waals surface area contributed by atoms with Crippen LogP contribution in [-0.2, 0) is 42.2 Å². The number of allylic oxidation sites excluding steroid dienone is 13. The molecular weight excluding hydrogens is 928 g/mol. The molecule has 0 bridgehead atoms. The highest BCUT2D eigenvalue weighted by molar-refractivity contribution is 7.47. The summed E-state index contributed by atoms with van der Waals surface area (Å²) in [5, 5.41) is 9.78. The Kier molecular flexibility index (Phi) is 51.4. The van der Waals surface area contributed by atoms with Gasteiger partial charge in [-0.1, -0.05) is 215 Å². The number of carbonyl (C=O) groups excluding carboxylic acids is 3. The summed E-state index contributed by atoms with van der Waals surface area (Å²) in [7, 11) is -4.77. The first-order valence-corrected chi connectivity index (χ1v) is 30.0. The van der Waals surface area contributed by atoms with Crippen molar-refractivity contribution in [3.63, 3.8) is 0 Å². The van der Waals surface area contributed by atoms with E-state index >= 15 is 0 Å². The van der Waals surface area contributed by atoms with Crippen LogP contribution < -0.4 is 0 Å². The maximum atomic E-state index is 12.9. The van der Waals surface area contributed by atoms with Gasteiger partial charge in [0.15, 0.2) is 6.10 Å². The van der Waals surface area contributed by atoms with E-state index in [2.05, 4.69) is 87.6 Å². The predicted octanol–water partition coefficient (Wildman–Crippen LogP) is 16.7. The van der Waals surface area contributed by atoms with Gasteiger partial charge in [0.2, 0.25) is 0 Å². The van der Waals surface area contributed by atoms with Crippen LogP contribution in [0.1, 0.15) is 239 Å². The topological polar surface area (TPSA) is 155 Å². The van der Waals surface area contributed by atoms with E-state index in [0.717, 1.165) is 83.5 Å². The first-order valence-electron chi connectivity index (χ1n) is 28.5. The van der Waals surface area contributed by atoms with E-state index < -0.39 is 57.8 Å². The average Bonchev–Trinajstić information content (AvgIpc) is 3.37. The Bertz CT molecular complexity index is 1530. The van der Waals surface area contributed by atoms with E-state index in [4.69, 9.17) is 23.3 Å². The van der Waals surface area contributed by atoms with Crippen molar-refractivity contribution in [2.75, 3.05) is 26.4 Å². The number of esters is 3. The van der Waals surface area contributed by atoms with Gasteiger partial charge in [0.05, 0.1) is 26.2 Å². The van der Waals surface area contributed by atoms with Crippen LogP contribution in [0, 0.1) is 0 Å². The van der Waals surface area contributed by atoms with Crippen molar-refractivity contribution in [1.82, 2.24) is 0 Å². The Morgan fingerprint density at radius 3 is 1.25 bits per heavy atom. The molecule has 0 aromatic carbocycles. The van der Waals surface area contributed by atoms with Crippen LogP contribution in [0.3, 0.4) is 0 Å². The number of hydrogen-bond acceptors (Lipinski definition) is 10. The Balaban J connectivity index is 4.81. The first kappa shape index (κ1) is 68.7. The minimum absolute atomic E-state index is 0.0672. The Labute approximate surface area is 439 Å². The fourth-order valence-corrected chi connectivity index (χ4v) is 8.25. The standard InChI is InChI=1S/C60H103O11P/c1-4-7-10-13-16-19-22-24-26-27-28-29-31-32-35-37-40-43-46-49-58(62)67-53-57(71-60(64)51-48-45-42-39-36-33-30-25-23-20-17-14-11-8-5-2)55-69-72(65,66)68-54-56(52-61)70-59(63)50-47-44-41-38-34-21-18-15-12-9-6-3/h8,11,15,17-18,20,24-26,30,36,39,45,48,56-57,61H,4-7,9-10,12-14,16,19,21-23,27-29,31-35,37-38,40-44,46-47,49-55H2,1-3H3,(H,65,66)/b11-8-,18-15-,20-17-,26-24-,30-25-,39-36-,48-45-. The quantitative estimate of drug-likeness (QED) is 0.0197. The maximum absolute atomic E-state index is 12.9. The van der Waals surface area contributed by atoms with E-state index in [1.54, 1.807) is 6.08 Å². The first-order chi connectivity index (χ1) is 35.2. The molecule has 0 saturated carbocycles. The third kappa shape index (κ3) is 51.6. The number of unbranched alkanes of at least 4 members (excludes halogenated alkanes) is 22. The molecule has 72 heavy (non-hydrogen) atoms. The van der Waals surface area contributed by atoms with Crippen molar-refractivity contribution < 1.29 is 52.2 Å². The number of hydrogen-bond donors (Lipinski definition) is 2. The number of phosphoric ester groups is 1. The summed E-state index contributed by atoms with van der Waals surface area (Å²) in [5.74, 6) is -1.63. The van der Waals surface area contributed by atoms with Gasteiger partial charge < -0.3 is 24.2 Å². The van der Waals surface area contributed by atoms with Crippen LogP contribution >= 0.6 is 7.82 Å². The highest BCUT2D eigenvalue weighted by atomic mass is 31.2. The molecule has 0 heterocycles. The summed E-state index contributed by atoms with van der Waals surface area (Å²) in [6.07, 6.45) is 61.5. The molecule has 0 rings (SSSR count). The molecular formula is C60H103O11P. The third-order valence-electron chi connectivity index (χ3n) is 11.8. The zero-order valence-electron chi connectivity index (χ0n) is 45.6. The molecule has 2 N–H and O–H groups in total. The van der Waals surface area contributed by atoms with Crippen molar-refractivity contribution in [1.29, 1.82) is 0 Å². The van der Waals surface area contributed by atoms with Crippen LogP contribution in [0.2, 0.25) is 0 Å². The summed E-state index contributed by atoms with van der Waals surface area (Å²) >= 11 is 0. The van der Waals surface area contributed by atoms with E-state index in [1.807, 2.05) is 12.2 Å². The lowest BCUT2D eigenvalue weighted by atomic mass is 10.1. The van der Waals surface area contributed by atoms with Gasteiger partial charge in [0.25, 0.3) is 0 Å². The predicted molar refractivity (Wildman–Crippen MR) is 298 cm³/mol. The summed E-state index contributed by atoms with van der Waals surface area (Å²) in [4.78, 5) is 48.4. The van der Waals surface area contributed by atoms with Crippen molar-refractivity contribution in [2.45, 2.75) is 251 Å². The van der Waals surface area contributed by atoms with Crippen molar-refractivity contribution in [2.24, 2.45) is 0 Å².